The van der Waals surface area contributed by atoms with Crippen LogP contribution in [0, 0.1) is 0 Å². The van der Waals surface area contributed by atoms with Gasteiger partial charge in [0.15, 0.2) is 0 Å². The summed E-state index contributed by atoms with van der Waals surface area (Å²) in [4.78, 5) is 17.6. The van der Waals surface area contributed by atoms with Crippen molar-refractivity contribution in [2.45, 2.75) is 79.1 Å². The molecule has 0 aliphatic rings. The summed E-state index contributed by atoms with van der Waals surface area (Å²) in [6.07, 6.45) is 0. The molecular weight excluding hydrogens is 280 g/mol. The molecule has 118 valence electrons. The van der Waals surface area contributed by atoms with Crippen LogP contribution in [-0.4, -0.2) is 45.9 Å². The Hall–Kier alpha value is 0.234. The average molecular weight is 313 g/mol. The van der Waals surface area contributed by atoms with Gasteiger partial charge in [-0.3, -0.25) is 0 Å². The molecule has 0 bridgehead atoms. The molecule has 0 spiro atoms. The summed E-state index contributed by atoms with van der Waals surface area (Å²) < 4.78 is 16.9. The normalized spacial score (nSPS) is 14.1. The summed E-state index contributed by atoms with van der Waals surface area (Å²) in [7, 11) is -3.35. The van der Waals surface area contributed by atoms with Crippen molar-refractivity contribution in [3.05, 3.63) is 0 Å². The standard InChI is InChI=1S/C12H28O4Si.H4OSi/c1-10(2,3)14-17(13,15-11(4,5)6)16-12(7,8)9;1-2/h13H,1-9H3;1H,2H3. The van der Waals surface area contributed by atoms with E-state index in [1.165, 1.54) is 0 Å². The number of hydrogen-bond donors (Lipinski definition) is 2. The lowest BCUT2D eigenvalue weighted by Gasteiger charge is -2.38. The highest BCUT2D eigenvalue weighted by Crippen LogP contribution is 2.26. The molecule has 0 atom stereocenters. The largest absolute Gasteiger partial charge is 0.678 e. The van der Waals surface area contributed by atoms with E-state index < -0.39 is 25.9 Å². The third kappa shape index (κ3) is 14.5. The van der Waals surface area contributed by atoms with Gasteiger partial charge in [0.1, 0.15) is 10.5 Å². The smallest absolute Gasteiger partial charge is 0.442 e. The first kappa shape index (κ1) is 21.5. The van der Waals surface area contributed by atoms with Gasteiger partial charge in [-0.05, 0) is 62.3 Å². The van der Waals surface area contributed by atoms with E-state index in [4.69, 9.17) is 18.1 Å². The van der Waals surface area contributed by atoms with Crippen LogP contribution in [0.15, 0.2) is 0 Å². The average Bonchev–Trinajstić information content (AvgIpc) is 1.94. The molecule has 0 fully saturated rings. The van der Waals surface area contributed by atoms with Gasteiger partial charge in [-0.25, -0.2) is 0 Å². The maximum atomic E-state index is 10.5. The first-order valence-electron chi connectivity index (χ1n) is 6.40. The van der Waals surface area contributed by atoms with Crippen LogP contribution in [-0.2, 0) is 13.3 Å². The van der Waals surface area contributed by atoms with Crippen molar-refractivity contribution >= 4 is 19.5 Å². The van der Waals surface area contributed by atoms with Gasteiger partial charge in [0.05, 0.1) is 16.8 Å². The van der Waals surface area contributed by atoms with Crippen LogP contribution < -0.4 is 0 Å². The molecule has 5 nitrogen and oxygen atoms in total. The molecule has 0 unspecified atom stereocenters. The molecule has 19 heavy (non-hydrogen) atoms. The lowest BCUT2D eigenvalue weighted by Crippen LogP contribution is -2.57. The number of hydrogen-bond acceptors (Lipinski definition) is 5. The maximum absolute atomic E-state index is 10.5. The zero-order valence-electron chi connectivity index (χ0n) is 14.1. The van der Waals surface area contributed by atoms with Crippen LogP contribution in [0.4, 0.5) is 0 Å². The minimum absolute atomic E-state index is 0.306. The SMILES string of the molecule is CC(C)(C)O[Si](O)(OC(C)(C)C)OC(C)(C)C.O[SiH3]. The zero-order valence-corrected chi connectivity index (χ0v) is 17.1. The second-order valence-electron chi connectivity index (χ2n) is 7.17. The van der Waals surface area contributed by atoms with Crippen molar-refractivity contribution in [3.63, 3.8) is 0 Å². The molecule has 0 saturated heterocycles. The second kappa shape index (κ2) is 7.30. The third-order valence-corrected chi connectivity index (χ3v) is 3.92. The lowest BCUT2D eigenvalue weighted by atomic mass is 10.2. The molecule has 0 saturated carbocycles. The van der Waals surface area contributed by atoms with Gasteiger partial charge >= 0.3 is 9.05 Å². The van der Waals surface area contributed by atoms with E-state index in [0.29, 0.717) is 10.5 Å². The molecule has 0 aromatic carbocycles. The second-order valence-corrected chi connectivity index (χ2v) is 8.83. The molecule has 0 heterocycles. The highest BCUT2D eigenvalue weighted by molar-refractivity contribution is 6.52. The first-order valence-corrected chi connectivity index (χ1v) is 8.96. The van der Waals surface area contributed by atoms with Crippen LogP contribution in [0.5, 0.6) is 0 Å². The Morgan fingerprint density at radius 3 is 0.895 bits per heavy atom. The molecule has 0 radical (unpaired) electrons. The fourth-order valence-corrected chi connectivity index (χ4v) is 3.67. The van der Waals surface area contributed by atoms with Crippen molar-refractivity contribution < 1.29 is 22.9 Å². The van der Waals surface area contributed by atoms with Gasteiger partial charge in [0.25, 0.3) is 0 Å². The monoisotopic (exact) mass is 312 g/mol. The van der Waals surface area contributed by atoms with Crippen molar-refractivity contribution in [2.24, 2.45) is 0 Å². The topological polar surface area (TPSA) is 68.2 Å². The Labute approximate surface area is 122 Å². The highest BCUT2D eigenvalue weighted by Gasteiger charge is 2.50. The lowest BCUT2D eigenvalue weighted by molar-refractivity contribution is -0.119. The quantitative estimate of drug-likeness (QED) is 0.764. The Kier molecular flexibility index (Phi) is 8.27. The summed E-state index contributed by atoms with van der Waals surface area (Å²) in [5.41, 5.74) is -1.55. The molecule has 7 heteroatoms. The Morgan fingerprint density at radius 1 is 0.632 bits per heavy atom. The molecule has 0 aromatic rings. The van der Waals surface area contributed by atoms with E-state index in [1.807, 2.05) is 62.3 Å². The van der Waals surface area contributed by atoms with E-state index in [0.717, 1.165) is 0 Å². The van der Waals surface area contributed by atoms with Gasteiger partial charge < -0.3 is 22.9 Å². The van der Waals surface area contributed by atoms with Crippen LogP contribution in [0.1, 0.15) is 62.3 Å². The van der Waals surface area contributed by atoms with Crippen molar-refractivity contribution in [1.82, 2.24) is 0 Å². The molecule has 0 aromatic heterocycles. The molecular formula is C12H32O5Si2. The van der Waals surface area contributed by atoms with E-state index in [9.17, 15) is 4.80 Å². The first-order chi connectivity index (χ1) is 8.12. The molecule has 0 rings (SSSR count). The van der Waals surface area contributed by atoms with E-state index in [-0.39, 0.29) is 0 Å². The third-order valence-electron chi connectivity index (χ3n) is 1.31. The molecule has 0 aliphatic carbocycles. The minimum Gasteiger partial charge on any atom is -0.442 e. The maximum Gasteiger partial charge on any atom is 0.678 e. The fourth-order valence-electron chi connectivity index (χ4n) is 1.22. The van der Waals surface area contributed by atoms with Crippen LogP contribution in [0.2, 0.25) is 0 Å². The predicted octanol–water partition coefficient (Wildman–Crippen LogP) is 1.12. The Bertz CT molecular complexity index is 210. The minimum atomic E-state index is -3.66. The van der Waals surface area contributed by atoms with Crippen molar-refractivity contribution in [3.8, 4) is 0 Å². The summed E-state index contributed by atoms with van der Waals surface area (Å²) in [5.74, 6) is 0. The highest BCUT2D eigenvalue weighted by atomic mass is 28.4. The van der Waals surface area contributed by atoms with Crippen LogP contribution in [0.25, 0.3) is 0 Å². The summed E-state index contributed by atoms with van der Waals surface area (Å²) in [6.45, 7) is 16.8. The van der Waals surface area contributed by atoms with Crippen molar-refractivity contribution in [1.29, 1.82) is 0 Å². The fraction of sp³-hybridized carbons (Fsp3) is 1.00. The predicted molar refractivity (Wildman–Crippen MR) is 82.6 cm³/mol. The van der Waals surface area contributed by atoms with Crippen LogP contribution in [0.3, 0.4) is 0 Å². The van der Waals surface area contributed by atoms with Crippen LogP contribution >= 0.6 is 0 Å². The van der Waals surface area contributed by atoms with Gasteiger partial charge in [0, 0.05) is 0 Å². The van der Waals surface area contributed by atoms with E-state index in [1.54, 1.807) is 0 Å². The summed E-state index contributed by atoms with van der Waals surface area (Å²) in [5, 5.41) is 0. The van der Waals surface area contributed by atoms with E-state index >= 15 is 0 Å². The zero-order chi connectivity index (χ0) is 16.1. The number of rotatable bonds is 3. The van der Waals surface area contributed by atoms with Gasteiger partial charge in [-0.15, -0.1) is 0 Å². The molecule has 0 aliphatic heterocycles. The van der Waals surface area contributed by atoms with Gasteiger partial charge in [-0.2, -0.15) is 0 Å². The Morgan fingerprint density at radius 2 is 0.789 bits per heavy atom. The van der Waals surface area contributed by atoms with E-state index in [2.05, 4.69) is 0 Å². The summed E-state index contributed by atoms with van der Waals surface area (Å²) >= 11 is 0. The molecule has 2 N–H and O–H groups in total. The Balaban J connectivity index is 0. The molecule has 0 amide bonds. The summed E-state index contributed by atoms with van der Waals surface area (Å²) in [6, 6.07) is 0. The van der Waals surface area contributed by atoms with Gasteiger partial charge in [0.2, 0.25) is 0 Å². The van der Waals surface area contributed by atoms with Gasteiger partial charge in [-0.1, -0.05) is 0 Å². The van der Waals surface area contributed by atoms with Crippen molar-refractivity contribution in [2.75, 3.05) is 0 Å².